The Bertz CT molecular complexity index is 1270. The zero-order chi connectivity index (χ0) is 31.5. The molecule has 1 unspecified atom stereocenters. The van der Waals surface area contributed by atoms with Crippen LogP contribution >= 0.6 is 11.6 Å². The lowest BCUT2D eigenvalue weighted by molar-refractivity contribution is -0.167. The number of benzene rings is 2. The minimum Gasteiger partial charge on any atom is -0.491 e. The highest BCUT2D eigenvalue weighted by Gasteiger charge is 2.51. The molecule has 7 nitrogen and oxygen atoms in total. The summed E-state index contributed by atoms with van der Waals surface area (Å²) in [6.07, 6.45) is 5.33. The van der Waals surface area contributed by atoms with E-state index in [0.29, 0.717) is 46.8 Å². The van der Waals surface area contributed by atoms with Crippen molar-refractivity contribution in [3.8, 4) is 5.75 Å². The molecule has 0 aliphatic carbocycles. The lowest BCUT2D eigenvalue weighted by atomic mass is 9.71. The van der Waals surface area contributed by atoms with Crippen LogP contribution in [0.1, 0.15) is 82.6 Å². The molecule has 2 aromatic carbocycles. The first-order valence-electron chi connectivity index (χ1n) is 15.8. The summed E-state index contributed by atoms with van der Waals surface area (Å²) in [5.74, 6) is 1.59. The fourth-order valence-electron chi connectivity index (χ4n) is 6.56. The molecule has 2 amide bonds. The van der Waals surface area contributed by atoms with Gasteiger partial charge in [0.2, 0.25) is 0 Å². The highest BCUT2D eigenvalue weighted by Crippen LogP contribution is 2.43. The summed E-state index contributed by atoms with van der Waals surface area (Å²) in [5.41, 5.74) is -0.165. The lowest BCUT2D eigenvalue weighted by Gasteiger charge is -2.44. The largest absolute Gasteiger partial charge is 0.491 e. The number of rotatable bonds is 8. The number of carbonyl (C=O) groups excluding carboxylic acids is 2. The number of likely N-dealkylation sites (tertiary alicyclic amines) is 1. The molecule has 2 aliphatic rings. The minimum atomic E-state index is -1.65. The number of amides is 2. The summed E-state index contributed by atoms with van der Waals surface area (Å²) in [4.78, 5) is 32.1. The van der Waals surface area contributed by atoms with E-state index in [1.165, 1.54) is 6.42 Å². The van der Waals surface area contributed by atoms with Crippen LogP contribution in [0.4, 0.5) is 5.69 Å². The molecule has 0 aromatic heterocycles. The van der Waals surface area contributed by atoms with E-state index in [9.17, 15) is 14.7 Å². The number of hydrogen-bond donors (Lipinski definition) is 1. The highest BCUT2D eigenvalue weighted by atomic mass is 35.5. The second kappa shape index (κ2) is 13.5. The maximum Gasteiger partial charge on any atom is 0.259 e. The predicted octanol–water partition coefficient (Wildman–Crippen LogP) is 6.61. The monoisotopic (exact) mass is 611 g/mol. The van der Waals surface area contributed by atoms with Crippen LogP contribution in [0.2, 0.25) is 5.02 Å². The Morgan fingerprint density at radius 1 is 0.977 bits per heavy atom. The summed E-state index contributed by atoms with van der Waals surface area (Å²) in [6.45, 7) is 13.0. The molecule has 1 atom stereocenters. The van der Waals surface area contributed by atoms with Gasteiger partial charge in [0.05, 0.1) is 16.7 Å². The molecule has 2 aliphatic heterocycles. The van der Waals surface area contributed by atoms with Gasteiger partial charge < -0.3 is 24.5 Å². The minimum absolute atomic E-state index is 0.00464. The van der Waals surface area contributed by atoms with Gasteiger partial charge in [-0.15, -0.1) is 0 Å². The smallest absolute Gasteiger partial charge is 0.259 e. The Morgan fingerprint density at radius 2 is 1.58 bits per heavy atom. The van der Waals surface area contributed by atoms with E-state index in [0.717, 1.165) is 44.5 Å². The summed E-state index contributed by atoms with van der Waals surface area (Å²) in [6, 6.07) is 13.1. The van der Waals surface area contributed by atoms with Crippen molar-refractivity contribution in [1.82, 2.24) is 9.80 Å². The average molecular weight is 612 g/mol. The first kappa shape index (κ1) is 33.1. The molecule has 0 radical (unpaired) electrons. The van der Waals surface area contributed by atoms with E-state index in [1.807, 2.05) is 82.0 Å². The van der Waals surface area contributed by atoms with Crippen LogP contribution in [-0.2, 0) is 10.4 Å². The molecular formula is C35H50ClN3O4. The number of ether oxygens (including phenoxy) is 1. The Hall–Kier alpha value is -2.77. The Labute approximate surface area is 263 Å². The zero-order valence-electron chi connectivity index (χ0n) is 27.0. The highest BCUT2D eigenvalue weighted by molar-refractivity contribution is 6.34. The number of carbonyl (C=O) groups is 2. The summed E-state index contributed by atoms with van der Waals surface area (Å²) in [5, 5.41) is 12.5. The second-order valence-corrected chi connectivity index (χ2v) is 14.3. The van der Waals surface area contributed by atoms with Gasteiger partial charge in [-0.2, -0.15) is 0 Å². The fourth-order valence-corrected chi connectivity index (χ4v) is 6.81. The quantitative estimate of drug-likeness (QED) is 0.364. The molecule has 236 valence electrons. The third kappa shape index (κ3) is 7.49. The molecule has 1 N–H and O–H groups in total. The van der Waals surface area contributed by atoms with Crippen molar-refractivity contribution >= 4 is 29.1 Å². The van der Waals surface area contributed by atoms with Crippen LogP contribution in [0.3, 0.4) is 0 Å². The first-order valence-corrected chi connectivity index (χ1v) is 16.1. The number of anilines is 1. The van der Waals surface area contributed by atoms with Crippen LogP contribution in [0.15, 0.2) is 42.5 Å². The third-order valence-corrected chi connectivity index (χ3v) is 9.47. The fraction of sp³-hybridized carbons (Fsp3) is 0.600. The predicted molar refractivity (Wildman–Crippen MR) is 174 cm³/mol. The van der Waals surface area contributed by atoms with Crippen molar-refractivity contribution < 1.29 is 19.4 Å². The zero-order valence-corrected chi connectivity index (χ0v) is 27.8. The maximum atomic E-state index is 14.0. The molecule has 2 heterocycles. The normalized spacial score (nSPS) is 18.5. The van der Waals surface area contributed by atoms with E-state index in [2.05, 4.69) is 4.90 Å². The molecule has 43 heavy (non-hydrogen) atoms. The van der Waals surface area contributed by atoms with Crippen molar-refractivity contribution in [2.45, 2.75) is 78.4 Å². The van der Waals surface area contributed by atoms with Gasteiger partial charge in [-0.3, -0.25) is 9.59 Å². The van der Waals surface area contributed by atoms with Gasteiger partial charge in [0.25, 0.3) is 11.8 Å². The number of nitrogens with zero attached hydrogens (tertiary/aromatic N) is 3. The van der Waals surface area contributed by atoms with Crippen LogP contribution in [0, 0.1) is 17.3 Å². The Morgan fingerprint density at radius 3 is 2.12 bits per heavy atom. The van der Waals surface area contributed by atoms with Crippen LogP contribution < -0.4 is 9.64 Å². The van der Waals surface area contributed by atoms with E-state index in [-0.39, 0.29) is 17.9 Å². The lowest BCUT2D eigenvalue weighted by Crippen LogP contribution is -2.55. The molecule has 8 heteroatoms. The topological polar surface area (TPSA) is 73.3 Å². The van der Waals surface area contributed by atoms with Crippen molar-refractivity contribution in [2.24, 2.45) is 17.3 Å². The number of halogens is 1. The van der Waals surface area contributed by atoms with Crippen LogP contribution in [0.5, 0.6) is 5.75 Å². The van der Waals surface area contributed by atoms with Gasteiger partial charge in [-0.25, -0.2) is 0 Å². The second-order valence-electron chi connectivity index (χ2n) is 13.9. The standard InChI is InChI=1S/C35H50ClN3O4/c1-24(2)43-29-10-8-9-27(22-29)35(42,34(3,4)5)33(41)39-19-15-26(16-20-39)21-25-13-17-38(18-14-25)28-11-12-30(31(36)23-28)32(40)37(6)7/h8-12,22-26,42H,13-21H2,1-7H3. The van der Waals surface area contributed by atoms with Crippen molar-refractivity contribution in [1.29, 1.82) is 0 Å². The Kier molecular flexibility index (Phi) is 10.4. The van der Waals surface area contributed by atoms with Gasteiger partial charge in [0.15, 0.2) is 5.60 Å². The molecular weight excluding hydrogens is 562 g/mol. The van der Waals surface area contributed by atoms with Crippen LogP contribution in [-0.4, -0.2) is 73.1 Å². The molecule has 2 aromatic rings. The van der Waals surface area contributed by atoms with Crippen molar-refractivity contribution in [2.75, 3.05) is 45.2 Å². The maximum absolute atomic E-state index is 14.0. The van der Waals surface area contributed by atoms with E-state index in [1.54, 1.807) is 19.0 Å². The molecule has 0 saturated carbocycles. The molecule has 0 bridgehead atoms. The van der Waals surface area contributed by atoms with Gasteiger partial charge in [0.1, 0.15) is 5.75 Å². The number of piperidine rings is 2. The molecule has 2 fully saturated rings. The van der Waals surface area contributed by atoms with Gasteiger partial charge in [-0.05, 0) is 93.7 Å². The molecule has 0 spiro atoms. The van der Waals surface area contributed by atoms with Crippen molar-refractivity contribution in [3.63, 3.8) is 0 Å². The first-order chi connectivity index (χ1) is 20.2. The van der Waals surface area contributed by atoms with Crippen molar-refractivity contribution in [3.05, 3.63) is 58.6 Å². The summed E-state index contributed by atoms with van der Waals surface area (Å²) in [7, 11) is 3.46. The third-order valence-electron chi connectivity index (χ3n) is 9.16. The molecule has 2 saturated heterocycles. The summed E-state index contributed by atoms with van der Waals surface area (Å²) < 4.78 is 5.87. The average Bonchev–Trinajstić information content (AvgIpc) is 2.96. The Balaban J connectivity index is 1.32. The molecule has 4 rings (SSSR count). The van der Waals surface area contributed by atoms with E-state index in [4.69, 9.17) is 16.3 Å². The van der Waals surface area contributed by atoms with E-state index < -0.39 is 11.0 Å². The van der Waals surface area contributed by atoms with Gasteiger partial charge in [0, 0.05) is 51.4 Å². The summed E-state index contributed by atoms with van der Waals surface area (Å²) >= 11 is 6.47. The number of hydrogen-bond acceptors (Lipinski definition) is 5. The van der Waals surface area contributed by atoms with Gasteiger partial charge >= 0.3 is 0 Å². The van der Waals surface area contributed by atoms with Crippen LogP contribution in [0.25, 0.3) is 0 Å². The van der Waals surface area contributed by atoms with Gasteiger partial charge in [-0.1, -0.05) is 44.5 Å². The van der Waals surface area contributed by atoms with E-state index >= 15 is 0 Å². The number of aliphatic hydroxyl groups is 1. The SMILES string of the molecule is CC(C)Oc1cccc(C(O)(C(=O)N2CCC(CC3CCN(c4ccc(C(=O)N(C)C)c(Cl)c4)CC3)CC2)C(C)(C)C)c1.